The third-order valence-corrected chi connectivity index (χ3v) is 4.19. The number of aryl methyl sites for hydroxylation is 2. The van der Waals surface area contributed by atoms with Gasteiger partial charge in [-0.2, -0.15) is 0 Å². The zero-order valence-electron chi connectivity index (χ0n) is 13.6. The Morgan fingerprint density at radius 1 is 1.00 bits per heavy atom. The molecule has 2 rings (SSSR count). The van der Waals surface area contributed by atoms with Crippen molar-refractivity contribution in [3.63, 3.8) is 0 Å². The lowest BCUT2D eigenvalue weighted by molar-refractivity contribution is 0.910. The standard InChI is InChI=1S/C11H15Cl.C9H7Cl/c1-4-5-10-6-7-11(12)9(3)8(10)2;1-3-8-4-7(2)5-9(10)6-8/h6-7H,4-5H2,1-3H3;1,4-6H,2H3. The fourth-order valence-electron chi connectivity index (χ4n) is 2.20. The molecular weight excluding hydrogens is 311 g/mol. The quantitative estimate of drug-likeness (QED) is 0.547. The van der Waals surface area contributed by atoms with E-state index in [1.165, 1.54) is 23.1 Å². The van der Waals surface area contributed by atoms with Crippen molar-refractivity contribution in [3.8, 4) is 12.3 Å². The average molecular weight is 333 g/mol. The molecule has 0 aliphatic carbocycles. The molecule has 0 saturated heterocycles. The van der Waals surface area contributed by atoms with Gasteiger partial charge in [-0.1, -0.05) is 48.5 Å². The minimum Gasteiger partial charge on any atom is -0.115 e. The smallest absolute Gasteiger partial charge is 0.0438 e. The molecule has 0 saturated carbocycles. The van der Waals surface area contributed by atoms with Gasteiger partial charge in [-0.25, -0.2) is 0 Å². The van der Waals surface area contributed by atoms with Crippen LogP contribution in [0.15, 0.2) is 30.3 Å². The molecule has 0 amide bonds. The molecule has 0 spiro atoms. The minimum atomic E-state index is 0.702. The van der Waals surface area contributed by atoms with Gasteiger partial charge in [0.05, 0.1) is 0 Å². The number of hydrogen-bond acceptors (Lipinski definition) is 0. The van der Waals surface area contributed by atoms with Crippen LogP contribution >= 0.6 is 23.2 Å². The number of terminal acetylenes is 1. The van der Waals surface area contributed by atoms with Crippen molar-refractivity contribution in [1.82, 2.24) is 0 Å². The Bertz CT molecular complexity index is 659. The Morgan fingerprint density at radius 3 is 2.23 bits per heavy atom. The minimum absolute atomic E-state index is 0.702. The van der Waals surface area contributed by atoms with Crippen molar-refractivity contribution >= 4 is 23.2 Å². The molecule has 2 aromatic rings. The molecule has 0 aromatic heterocycles. The second kappa shape index (κ2) is 8.89. The molecule has 0 nitrogen and oxygen atoms in total. The predicted molar refractivity (Wildman–Crippen MR) is 99.0 cm³/mol. The van der Waals surface area contributed by atoms with Crippen LogP contribution in [0.4, 0.5) is 0 Å². The van der Waals surface area contributed by atoms with E-state index >= 15 is 0 Å². The van der Waals surface area contributed by atoms with Crippen LogP contribution < -0.4 is 0 Å². The normalized spacial score (nSPS) is 9.68. The molecule has 0 radical (unpaired) electrons. The molecule has 116 valence electrons. The lowest BCUT2D eigenvalue weighted by Crippen LogP contribution is -1.92. The maximum absolute atomic E-state index is 5.99. The molecular formula is C20H22Cl2. The van der Waals surface area contributed by atoms with E-state index in [-0.39, 0.29) is 0 Å². The molecule has 0 N–H and O–H groups in total. The third-order valence-electron chi connectivity index (χ3n) is 3.56. The van der Waals surface area contributed by atoms with Crippen LogP contribution in [0, 0.1) is 33.1 Å². The van der Waals surface area contributed by atoms with Crippen molar-refractivity contribution in [2.45, 2.75) is 40.5 Å². The highest BCUT2D eigenvalue weighted by molar-refractivity contribution is 6.31. The third kappa shape index (κ3) is 5.41. The molecule has 0 aliphatic rings. The molecule has 2 heteroatoms. The molecule has 2 aromatic carbocycles. The summed E-state index contributed by atoms with van der Waals surface area (Å²) in [5.74, 6) is 2.52. The van der Waals surface area contributed by atoms with Crippen LogP contribution in [0.3, 0.4) is 0 Å². The van der Waals surface area contributed by atoms with E-state index in [0.717, 1.165) is 22.6 Å². The summed E-state index contributed by atoms with van der Waals surface area (Å²) < 4.78 is 0. The van der Waals surface area contributed by atoms with E-state index in [1.54, 1.807) is 6.07 Å². The van der Waals surface area contributed by atoms with Crippen molar-refractivity contribution in [1.29, 1.82) is 0 Å². The Kier molecular flexibility index (Phi) is 7.52. The highest BCUT2D eigenvalue weighted by atomic mass is 35.5. The van der Waals surface area contributed by atoms with Crippen LogP contribution in [0.25, 0.3) is 0 Å². The summed E-state index contributed by atoms with van der Waals surface area (Å²) in [4.78, 5) is 0. The van der Waals surface area contributed by atoms with Gasteiger partial charge in [0.1, 0.15) is 0 Å². The number of rotatable bonds is 2. The van der Waals surface area contributed by atoms with E-state index in [1.807, 2.05) is 25.1 Å². The highest BCUT2D eigenvalue weighted by Gasteiger charge is 2.02. The topological polar surface area (TPSA) is 0 Å². The Balaban J connectivity index is 0.000000224. The SMILES string of the molecule is C#Cc1cc(C)cc(Cl)c1.CCCc1ccc(Cl)c(C)c1C. The summed E-state index contributed by atoms with van der Waals surface area (Å²) in [6.07, 6.45) is 7.53. The van der Waals surface area contributed by atoms with E-state index in [9.17, 15) is 0 Å². The fraction of sp³-hybridized carbons (Fsp3) is 0.300. The van der Waals surface area contributed by atoms with Crippen molar-refractivity contribution in [2.75, 3.05) is 0 Å². The monoisotopic (exact) mass is 332 g/mol. The lowest BCUT2D eigenvalue weighted by atomic mass is 10.0. The van der Waals surface area contributed by atoms with Crippen molar-refractivity contribution < 1.29 is 0 Å². The fourth-order valence-corrected chi connectivity index (χ4v) is 2.70. The van der Waals surface area contributed by atoms with Gasteiger partial charge in [0.25, 0.3) is 0 Å². The maximum Gasteiger partial charge on any atom is 0.0438 e. The number of benzene rings is 2. The first-order valence-electron chi connectivity index (χ1n) is 7.37. The number of halogens is 2. The molecule has 22 heavy (non-hydrogen) atoms. The zero-order chi connectivity index (χ0) is 16.7. The van der Waals surface area contributed by atoms with Crippen LogP contribution in [-0.4, -0.2) is 0 Å². The summed E-state index contributed by atoms with van der Waals surface area (Å²) in [6.45, 7) is 8.39. The van der Waals surface area contributed by atoms with Crippen LogP contribution in [-0.2, 0) is 6.42 Å². The van der Waals surface area contributed by atoms with E-state index < -0.39 is 0 Å². The zero-order valence-corrected chi connectivity index (χ0v) is 15.1. The van der Waals surface area contributed by atoms with Crippen LogP contribution in [0.2, 0.25) is 10.0 Å². The lowest BCUT2D eigenvalue weighted by Gasteiger charge is -2.08. The Morgan fingerprint density at radius 2 is 1.68 bits per heavy atom. The van der Waals surface area contributed by atoms with Gasteiger partial charge < -0.3 is 0 Å². The van der Waals surface area contributed by atoms with E-state index in [4.69, 9.17) is 29.6 Å². The summed E-state index contributed by atoms with van der Waals surface area (Å²) in [6, 6.07) is 9.70. The second-order valence-corrected chi connectivity index (χ2v) is 6.21. The van der Waals surface area contributed by atoms with Gasteiger partial charge in [0, 0.05) is 15.6 Å². The summed E-state index contributed by atoms with van der Waals surface area (Å²) in [7, 11) is 0. The Labute approximate surface area is 144 Å². The van der Waals surface area contributed by atoms with Gasteiger partial charge in [-0.3, -0.25) is 0 Å². The van der Waals surface area contributed by atoms with Gasteiger partial charge in [0.15, 0.2) is 0 Å². The van der Waals surface area contributed by atoms with Crippen molar-refractivity contribution in [2.24, 2.45) is 0 Å². The van der Waals surface area contributed by atoms with Crippen LogP contribution in [0.5, 0.6) is 0 Å². The van der Waals surface area contributed by atoms with Gasteiger partial charge in [-0.15, -0.1) is 6.42 Å². The van der Waals surface area contributed by atoms with E-state index in [0.29, 0.717) is 5.02 Å². The predicted octanol–water partition coefficient (Wildman–Crippen LogP) is 6.54. The van der Waals surface area contributed by atoms with Crippen LogP contribution in [0.1, 0.15) is 41.2 Å². The Hall–Kier alpha value is -1.42. The average Bonchev–Trinajstić information content (AvgIpc) is 2.48. The first kappa shape index (κ1) is 18.6. The molecule has 0 aliphatic heterocycles. The molecule has 0 fully saturated rings. The van der Waals surface area contributed by atoms with E-state index in [2.05, 4.69) is 32.8 Å². The van der Waals surface area contributed by atoms with Gasteiger partial charge in [-0.05, 0) is 73.7 Å². The van der Waals surface area contributed by atoms with Gasteiger partial charge >= 0.3 is 0 Å². The largest absolute Gasteiger partial charge is 0.115 e. The maximum atomic E-state index is 5.99. The molecule has 0 heterocycles. The second-order valence-electron chi connectivity index (χ2n) is 5.37. The first-order valence-corrected chi connectivity index (χ1v) is 8.13. The highest BCUT2D eigenvalue weighted by Crippen LogP contribution is 2.22. The molecule has 0 unspecified atom stereocenters. The molecule has 0 atom stereocenters. The molecule has 0 bridgehead atoms. The summed E-state index contributed by atoms with van der Waals surface area (Å²) in [5.41, 5.74) is 5.94. The summed E-state index contributed by atoms with van der Waals surface area (Å²) in [5, 5.41) is 1.58. The number of hydrogen-bond donors (Lipinski definition) is 0. The van der Waals surface area contributed by atoms with Gasteiger partial charge in [0.2, 0.25) is 0 Å². The van der Waals surface area contributed by atoms with Crippen molar-refractivity contribution in [3.05, 3.63) is 68.2 Å². The summed E-state index contributed by atoms with van der Waals surface area (Å²) >= 11 is 11.7. The first-order chi connectivity index (χ1) is 10.4.